The van der Waals surface area contributed by atoms with E-state index < -0.39 is 10.0 Å². The van der Waals surface area contributed by atoms with Crippen molar-refractivity contribution in [1.29, 1.82) is 0 Å². The summed E-state index contributed by atoms with van der Waals surface area (Å²) in [4.78, 5) is 18.3. The first-order valence-electron chi connectivity index (χ1n) is 8.07. The van der Waals surface area contributed by atoms with Gasteiger partial charge in [0.1, 0.15) is 0 Å². The minimum Gasteiger partial charge on any atom is -0.302 e. The Labute approximate surface area is 141 Å². The molecule has 1 amide bonds. The van der Waals surface area contributed by atoms with Gasteiger partial charge >= 0.3 is 0 Å². The number of hydrogen-bond acceptors (Lipinski definition) is 5. The Balaban J connectivity index is 1.65. The van der Waals surface area contributed by atoms with Crippen molar-refractivity contribution in [2.75, 3.05) is 24.7 Å². The van der Waals surface area contributed by atoms with Crippen molar-refractivity contribution < 1.29 is 13.2 Å². The fourth-order valence-electron chi connectivity index (χ4n) is 3.26. The second-order valence-corrected chi connectivity index (χ2v) is 9.75. The number of aromatic nitrogens is 1. The minimum absolute atomic E-state index is 0.113. The van der Waals surface area contributed by atoms with Gasteiger partial charge in [0, 0.05) is 18.0 Å². The van der Waals surface area contributed by atoms with Crippen LogP contribution in [0.3, 0.4) is 0 Å². The lowest BCUT2D eigenvalue weighted by Crippen LogP contribution is -2.43. The molecule has 0 saturated carbocycles. The molecule has 6 nitrogen and oxygen atoms in total. The zero-order chi connectivity index (χ0) is 16.6. The van der Waals surface area contributed by atoms with Crippen molar-refractivity contribution in [1.82, 2.24) is 9.29 Å². The predicted octanol–water partition coefficient (Wildman–Crippen LogP) is 1.88. The van der Waals surface area contributed by atoms with Gasteiger partial charge in [0.25, 0.3) is 0 Å². The van der Waals surface area contributed by atoms with Crippen LogP contribution < -0.4 is 5.32 Å². The van der Waals surface area contributed by atoms with Crippen LogP contribution in [-0.2, 0) is 27.7 Å². The van der Waals surface area contributed by atoms with Crippen LogP contribution in [0.2, 0.25) is 0 Å². The molecule has 1 aromatic heterocycles. The molecule has 128 valence electrons. The number of anilines is 1. The summed E-state index contributed by atoms with van der Waals surface area (Å²) in [7, 11) is -3.23. The van der Waals surface area contributed by atoms with Crippen molar-refractivity contribution in [2.45, 2.75) is 39.0 Å². The van der Waals surface area contributed by atoms with Crippen LogP contribution in [0, 0.1) is 11.8 Å². The molecular weight excluding hydrogens is 334 g/mol. The standard InChI is InChI=1S/C15H23N3O3S2/c1-10-5-6-12-13(8-10)22-15(16-12)17-14(19)11-4-3-7-18(9-11)23(2,20)21/h10-11H,3-9H2,1-2H3,(H,16,17,19)/t10-,11+/m1/s1. The van der Waals surface area contributed by atoms with E-state index in [1.807, 2.05) is 0 Å². The number of carbonyl (C=O) groups is 1. The summed E-state index contributed by atoms with van der Waals surface area (Å²) in [6.45, 7) is 3.02. The molecule has 23 heavy (non-hydrogen) atoms. The summed E-state index contributed by atoms with van der Waals surface area (Å²) in [6.07, 6.45) is 5.80. The van der Waals surface area contributed by atoms with Crippen LogP contribution >= 0.6 is 11.3 Å². The summed E-state index contributed by atoms with van der Waals surface area (Å²) in [6, 6.07) is 0. The highest BCUT2D eigenvalue weighted by Crippen LogP contribution is 2.32. The third-order valence-electron chi connectivity index (χ3n) is 4.64. The Morgan fingerprint density at radius 3 is 2.91 bits per heavy atom. The van der Waals surface area contributed by atoms with Gasteiger partial charge in [-0.15, -0.1) is 11.3 Å². The van der Waals surface area contributed by atoms with E-state index in [2.05, 4.69) is 17.2 Å². The third kappa shape index (κ3) is 3.92. The monoisotopic (exact) mass is 357 g/mol. The first-order valence-corrected chi connectivity index (χ1v) is 10.7. The number of hydrogen-bond donors (Lipinski definition) is 1. The third-order valence-corrected chi connectivity index (χ3v) is 6.95. The Morgan fingerprint density at radius 1 is 1.39 bits per heavy atom. The molecule has 0 radical (unpaired) electrons. The summed E-state index contributed by atoms with van der Waals surface area (Å²) >= 11 is 1.56. The van der Waals surface area contributed by atoms with Gasteiger partial charge in [0.05, 0.1) is 17.9 Å². The van der Waals surface area contributed by atoms with Crippen molar-refractivity contribution in [2.24, 2.45) is 11.8 Å². The van der Waals surface area contributed by atoms with Crippen molar-refractivity contribution in [3.05, 3.63) is 10.6 Å². The SMILES string of the molecule is C[C@@H]1CCc2nc(NC(=O)[C@H]3CCCN(S(C)(=O)=O)C3)sc2C1. The highest BCUT2D eigenvalue weighted by Gasteiger charge is 2.31. The molecule has 0 bridgehead atoms. The van der Waals surface area contributed by atoms with Crippen molar-refractivity contribution in [3.8, 4) is 0 Å². The van der Waals surface area contributed by atoms with Gasteiger partial charge in [0.2, 0.25) is 15.9 Å². The van der Waals surface area contributed by atoms with Crippen LogP contribution in [0.15, 0.2) is 0 Å². The van der Waals surface area contributed by atoms with Crippen LogP contribution in [0.5, 0.6) is 0 Å². The molecule has 0 unspecified atom stereocenters. The summed E-state index contributed by atoms with van der Waals surface area (Å²) in [5.74, 6) is 0.268. The Kier molecular flexibility index (Phi) is 4.75. The van der Waals surface area contributed by atoms with Gasteiger partial charge in [0.15, 0.2) is 5.13 Å². The Morgan fingerprint density at radius 2 is 2.17 bits per heavy atom. The Hall–Kier alpha value is -0.990. The first-order chi connectivity index (χ1) is 10.8. The van der Waals surface area contributed by atoms with Gasteiger partial charge in [-0.2, -0.15) is 0 Å². The second-order valence-electron chi connectivity index (χ2n) is 6.69. The van der Waals surface area contributed by atoms with E-state index in [0.29, 0.717) is 17.6 Å². The average molecular weight is 358 g/mol. The maximum absolute atomic E-state index is 12.5. The molecular formula is C15H23N3O3S2. The van der Waals surface area contributed by atoms with Crippen LogP contribution in [0.1, 0.15) is 36.8 Å². The molecule has 1 fully saturated rings. The van der Waals surface area contributed by atoms with Crippen LogP contribution in [0.25, 0.3) is 0 Å². The van der Waals surface area contributed by atoms with Gasteiger partial charge in [-0.05, 0) is 38.0 Å². The maximum Gasteiger partial charge on any atom is 0.230 e. The zero-order valence-corrected chi connectivity index (χ0v) is 15.2. The van der Waals surface area contributed by atoms with Gasteiger partial charge in [-0.25, -0.2) is 17.7 Å². The van der Waals surface area contributed by atoms with Crippen LogP contribution in [0.4, 0.5) is 5.13 Å². The van der Waals surface area contributed by atoms with Crippen LogP contribution in [-0.4, -0.2) is 43.0 Å². The molecule has 2 heterocycles. The second kappa shape index (κ2) is 6.49. The molecule has 2 atom stereocenters. The van der Waals surface area contributed by atoms with Gasteiger partial charge < -0.3 is 5.32 Å². The topological polar surface area (TPSA) is 79.4 Å². The number of thiazole rings is 1. The van der Waals surface area contributed by atoms with E-state index in [4.69, 9.17) is 0 Å². The highest BCUT2D eigenvalue weighted by molar-refractivity contribution is 7.88. The molecule has 1 saturated heterocycles. The predicted molar refractivity (Wildman–Crippen MR) is 91.1 cm³/mol. The molecule has 1 aliphatic heterocycles. The molecule has 2 aliphatic rings. The molecule has 8 heteroatoms. The first kappa shape index (κ1) is 16.9. The number of nitrogens with zero attached hydrogens (tertiary/aromatic N) is 2. The van der Waals surface area contributed by atoms with E-state index >= 15 is 0 Å². The number of aryl methyl sites for hydroxylation is 1. The quantitative estimate of drug-likeness (QED) is 0.896. The number of piperidine rings is 1. The van der Waals surface area contributed by atoms with Crippen molar-refractivity contribution >= 4 is 32.4 Å². The van der Waals surface area contributed by atoms with Gasteiger partial charge in [-0.3, -0.25) is 4.79 Å². The molecule has 0 spiro atoms. The highest BCUT2D eigenvalue weighted by atomic mass is 32.2. The Bertz CT molecular complexity index is 699. The largest absolute Gasteiger partial charge is 0.302 e. The maximum atomic E-state index is 12.5. The van der Waals surface area contributed by atoms with Gasteiger partial charge in [-0.1, -0.05) is 6.92 Å². The number of sulfonamides is 1. The zero-order valence-electron chi connectivity index (χ0n) is 13.5. The van der Waals surface area contributed by atoms with Crippen molar-refractivity contribution in [3.63, 3.8) is 0 Å². The lowest BCUT2D eigenvalue weighted by Gasteiger charge is -2.29. The molecule has 1 N–H and O–H groups in total. The van der Waals surface area contributed by atoms with E-state index in [-0.39, 0.29) is 18.4 Å². The molecule has 1 aliphatic carbocycles. The summed E-state index contributed by atoms with van der Waals surface area (Å²) in [5.41, 5.74) is 1.12. The molecule has 0 aromatic carbocycles. The lowest BCUT2D eigenvalue weighted by molar-refractivity contribution is -0.120. The summed E-state index contributed by atoms with van der Waals surface area (Å²) < 4.78 is 24.7. The molecule has 3 rings (SSSR count). The summed E-state index contributed by atoms with van der Waals surface area (Å²) in [5, 5.41) is 3.56. The number of fused-ring (bicyclic) bond motifs is 1. The van der Waals surface area contributed by atoms with E-state index in [1.54, 1.807) is 11.3 Å². The lowest BCUT2D eigenvalue weighted by atomic mass is 9.93. The van der Waals surface area contributed by atoms with E-state index in [9.17, 15) is 13.2 Å². The molecule has 1 aromatic rings. The smallest absolute Gasteiger partial charge is 0.230 e. The van der Waals surface area contributed by atoms with E-state index in [1.165, 1.54) is 15.4 Å². The number of amides is 1. The number of nitrogens with one attached hydrogen (secondary N) is 1. The van der Waals surface area contributed by atoms with E-state index in [0.717, 1.165) is 37.8 Å². The number of rotatable bonds is 3. The fraction of sp³-hybridized carbons (Fsp3) is 0.733. The fourth-order valence-corrected chi connectivity index (χ4v) is 5.34. The number of carbonyl (C=O) groups excluding carboxylic acids is 1. The average Bonchev–Trinajstić information content (AvgIpc) is 2.87. The minimum atomic E-state index is -3.23. The normalized spacial score (nSPS) is 25.8.